The quantitative estimate of drug-likeness (QED) is 0.614. The van der Waals surface area contributed by atoms with E-state index in [-0.39, 0.29) is 5.97 Å². The van der Waals surface area contributed by atoms with Crippen LogP contribution in [0.2, 0.25) is 0 Å². The normalized spacial score (nSPS) is 12.9. The molecular formula is C10H20O3S. The topological polar surface area (TPSA) is 43.4 Å². The number of ether oxygens (including phenoxy) is 1. The Morgan fingerprint density at radius 3 is 2.50 bits per heavy atom. The van der Waals surface area contributed by atoms with Crippen molar-refractivity contribution < 1.29 is 13.7 Å². The summed E-state index contributed by atoms with van der Waals surface area (Å²) in [6.45, 7) is 4.23. The van der Waals surface area contributed by atoms with Crippen LogP contribution in [-0.2, 0) is 20.3 Å². The fourth-order valence-corrected chi connectivity index (χ4v) is 2.35. The van der Waals surface area contributed by atoms with Crippen molar-refractivity contribution >= 4 is 16.8 Å². The lowest BCUT2D eigenvalue weighted by Gasteiger charge is -2.04. The summed E-state index contributed by atoms with van der Waals surface area (Å²) in [4.78, 5) is 10.7. The molecule has 0 saturated carbocycles. The van der Waals surface area contributed by atoms with Gasteiger partial charge in [0.2, 0.25) is 0 Å². The summed E-state index contributed by atoms with van der Waals surface area (Å²) in [7, 11) is 0.606. The second-order valence-electron chi connectivity index (χ2n) is 3.71. The highest BCUT2D eigenvalue weighted by Gasteiger charge is 2.04. The van der Waals surface area contributed by atoms with Crippen LogP contribution in [0.3, 0.4) is 0 Å². The van der Waals surface area contributed by atoms with E-state index in [4.69, 9.17) is 0 Å². The van der Waals surface area contributed by atoms with E-state index in [1.54, 1.807) is 0 Å². The summed E-state index contributed by atoms with van der Waals surface area (Å²) in [5.74, 6) is 1.74. The third-order valence-electron chi connectivity index (χ3n) is 1.90. The predicted molar refractivity (Wildman–Crippen MR) is 58.6 cm³/mol. The van der Waals surface area contributed by atoms with E-state index in [9.17, 15) is 9.00 Å². The summed E-state index contributed by atoms with van der Waals surface area (Å²) in [5, 5.41) is 0. The molecular weight excluding hydrogens is 200 g/mol. The maximum Gasteiger partial charge on any atom is 0.305 e. The molecule has 0 N–H and O–H groups in total. The van der Waals surface area contributed by atoms with Crippen LogP contribution in [0, 0.1) is 5.92 Å². The lowest BCUT2D eigenvalue weighted by molar-refractivity contribution is -0.140. The van der Waals surface area contributed by atoms with Crippen LogP contribution in [0.5, 0.6) is 0 Å². The second kappa shape index (κ2) is 7.97. The van der Waals surface area contributed by atoms with Gasteiger partial charge in [-0.05, 0) is 18.8 Å². The minimum atomic E-state index is -0.767. The zero-order chi connectivity index (χ0) is 11.0. The number of methoxy groups -OCH3 is 1. The fraction of sp³-hybridized carbons (Fsp3) is 0.900. The molecule has 4 heteroatoms. The van der Waals surface area contributed by atoms with E-state index in [2.05, 4.69) is 18.6 Å². The van der Waals surface area contributed by atoms with Gasteiger partial charge in [-0.15, -0.1) is 0 Å². The fourth-order valence-electron chi connectivity index (χ4n) is 0.949. The van der Waals surface area contributed by atoms with Crippen molar-refractivity contribution in [2.45, 2.75) is 33.1 Å². The molecule has 0 aliphatic heterocycles. The van der Waals surface area contributed by atoms with E-state index < -0.39 is 10.8 Å². The van der Waals surface area contributed by atoms with Crippen molar-refractivity contribution in [2.75, 3.05) is 18.6 Å². The van der Waals surface area contributed by atoms with Gasteiger partial charge in [-0.1, -0.05) is 13.8 Å². The molecule has 0 radical (unpaired) electrons. The van der Waals surface area contributed by atoms with Crippen LogP contribution in [0.15, 0.2) is 0 Å². The van der Waals surface area contributed by atoms with Gasteiger partial charge in [-0.2, -0.15) is 0 Å². The summed E-state index contributed by atoms with van der Waals surface area (Å²) < 4.78 is 15.9. The molecule has 0 amide bonds. The molecule has 0 aromatic carbocycles. The van der Waals surface area contributed by atoms with E-state index in [1.165, 1.54) is 7.11 Å². The molecule has 0 rings (SSSR count). The van der Waals surface area contributed by atoms with Crippen LogP contribution in [0.1, 0.15) is 33.1 Å². The number of carbonyl (C=O) groups excluding carboxylic acids is 1. The zero-order valence-corrected chi connectivity index (χ0v) is 10.1. The highest BCUT2D eigenvalue weighted by Crippen LogP contribution is 2.02. The zero-order valence-electron chi connectivity index (χ0n) is 9.25. The molecule has 1 unspecified atom stereocenters. The molecule has 14 heavy (non-hydrogen) atoms. The van der Waals surface area contributed by atoms with Crippen LogP contribution < -0.4 is 0 Å². The van der Waals surface area contributed by atoms with E-state index >= 15 is 0 Å². The molecule has 0 aliphatic carbocycles. The maximum atomic E-state index is 11.4. The maximum absolute atomic E-state index is 11.4. The summed E-state index contributed by atoms with van der Waals surface area (Å²) in [6.07, 6.45) is 2.03. The molecule has 84 valence electrons. The Hall–Kier alpha value is -0.380. The van der Waals surface area contributed by atoms with Crippen molar-refractivity contribution in [1.29, 1.82) is 0 Å². The Labute approximate surface area is 88.7 Å². The highest BCUT2D eigenvalue weighted by atomic mass is 32.2. The summed E-state index contributed by atoms with van der Waals surface area (Å²) in [5.41, 5.74) is 0. The number of hydrogen-bond donors (Lipinski definition) is 0. The molecule has 0 heterocycles. The van der Waals surface area contributed by atoms with Crippen LogP contribution >= 0.6 is 0 Å². The van der Waals surface area contributed by atoms with Gasteiger partial charge in [0, 0.05) is 28.7 Å². The molecule has 0 aromatic rings. The lowest BCUT2D eigenvalue weighted by Crippen LogP contribution is -2.08. The second-order valence-corrected chi connectivity index (χ2v) is 5.41. The number of esters is 1. The molecule has 0 spiro atoms. The minimum absolute atomic E-state index is 0.217. The Balaban J connectivity index is 3.40. The average molecular weight is 220 g/mol. The lowest BCUT2D eigenvalue weighted by atomic mass is 10.2. The minimum Gasteiger partial charge on any atom is -0.469 e. The van der Waals surface area contributed by atoms with Crippen molar-refractivity contribution in [3.05, 3.63) is 0 Å². The Kier molecular flexibility index (Phi) is 7.76. The smallest absolute Gasteiger partial charge is 0.305 e. The average Bonchev–Trinajstić information content (AvgIpc) is 2.14. The Morgan fingerprint density at radius 2 is 2.00 bits per heavy atom. The van der Waals surface area contributed by atoms with Crippen LogP contribution in [0.4, 0.5) is 0 Å². The monoisotopic (exact) mass is 220 g/mol. The molecule has 0 bridgehead atoms. The summed E-state index contributed by atoms with van der Waals surface area (Å²) >= 11 is 0. The summed E-state index contributed by atoms with van der Waals surface area (Å²) in [6, 6.07) is 0. The van der Waals surface area contributed by atoms with E-state index in [0.29, 0.717) is 24.5 Å². The van der Waals surface area contributed by atoms with Gasteiger partial charge in [-0.3, -0.25) is 9.00 Å². The van der Waals surface area contributed by atoms with Gasteiger partial charge < -0.3 is 4.74 Å². The van der Waals surface area contributed by atoms with E-state index in [1.807, 2.05) is 0 Å². The van der Waals surface area contributed by atoms with Gasteiger partial charge in [0.05, 0.1) is 7.11 Å². The predicted octanol–water partition coefficient (Wildman–Crippen LogP) is 1.73. The molecule has 0 aromatic heterocycles. The van der Waals surface area contributed by atoms with E-state index in [0.717, 1.165) is 12.2 Å². The van der Waals surface area contributed by atoms with Gasteiger partial charge in [0.25, 0.3) is 0 Å². The molecule has 0 fully saturated rings. The van der Waals surface area contributed by atoms with Crippen molar-refractivity contribution in [1.82, 2.24) is 0 Å². The third-order valence-corrected chi connectivity index (χ3v) is 3.34. The van der Waals surface area contributed by atoms with Crippen LogP contribution in [-0.4, -0.2) is 28.8 Å². The largest absolute Gasteiger partial charge is 0.469 e. The Bertz CT molecular complexity index is 190. The first-order valence-electron chi connectivity index (χ1n) is 4.98. The van der Waals surface area contributed by atoms with Gasteiger partial charge in [-0.25, -0.2) is 0 Å². The van der Waals surface area contributed by atoms with Crippen molar-refractivity contribution in [3.63, 3.8) is 0 Å². The van der Waals surface area contributed by atoms with Crippen LogP contribution in [0.25, 0.3) is 0 Å². The van der Waals surface area contributed by atoms with Gasteiger partial charge in [0.15, 0.2) is 0 Å². The first kappa shape index (κ1) is 13.6. The SMILES string of the molecule is COC(=O)CCCS(=O)CCC(C)C. The van der Waals surface area contributed by atoms with Crippen molar-refractivity contribution in [3.8, 4) is 0 Å². The third kappa shape index (κ3) is 8.23. The molecule has 0 aliphatic rings. The first-order valence-corrected chi connectivity index (χ1v) is 6.47. The number of rotatable bonds is 7. The Morgan fingerprint density at radius 1 is 1.36 bits per heavy atom. The molecule has 3 nitrogen and oxygen atoms in total. The number of carbonyl (C=O) groups is 1. The number of hydrogen-bond acceptors (Lipinski definition) is 3. The highest BCUT2D eigenvalue weighted by molar-refractivity contribution is 7.84. The van der Waals surface area contributed by atoms with Gasteiger partial charge >= 0.3 is 5.97 Å². The van der Waals surface area contributed by atoms with Gasteiger partial charge in [0.1, 0.15) is 0 Å². The first-order chi connectivity index (χ1) is 6.56. The molecule has 0 saturated heterocycles. The standard InChI is InChI=1S/C10H20O3S/c1-9(2)6-8-14(12)7-4-5-10(11)13-3/h9H,4-8H2,1-3H3. The van der Waals surface area contributed by atoms with Crippen molar-refractivity contribution in [2.24, 2.45) is 5.92 Å². The molecule has 1 atom stereocenters.